The molecule has 3 aromatic rings. The molecule has 0 aliphatic carbocycles. The van der Waals surface area contributed by atoms with Gasteiger partial charge in [-0.2, -0.15) is 5.10 Å². The minimum absolute atomic E-state index is 0.0477. The second-order valence-corrected chi connectivity index (χ2v) is 5.32. The third-order valence-electron chi connectivity index (χ3n) is 3.92. The van der Waals surface area contributed by atoms with Gasteiger partial charge in [0, 0.05) is 34.8 Å². The number of aromatic nitrogens is 1. The molecule has 0 bridgehead atoms. The number of hydrogen-bond acceptors (Lipinski definition) is 3. The number of hydrazone groups is 1. The fraction of sp³-hybridized carbons (Fsp3) is 0.111. The van der Waals surface area contributed by atoms with Gasteiger partial charge in [-0.3, -0.25) is 4.79 Å². The maximum absolute atomic E-state index is 12.0. The molecule has 0 fully saturated rings. The van der Waals surface area contributed by atoms with E-state index in [4.69, 9.17) is 0 Å². The second-order valence-electron chi connectivity index (χ2n) is 5.32. The monoisotopic (exact) mass is 307 g/mol. The van der Waals surface area contributed by atoms with Crippen LogP contribution in [0.15, 0.2) is 53.6 Å². The van der Waals surface area contributed by atoms with E-state index in [0.717, 1.165) is 22.2 Å². The molecule has 1 aromatic heterocycles. The number of para-hydroxylation sites is 1. The summed E-state index contributed by atoms with van der Waals surface area (Å²) in [6.45, 7) is 2.01. The number of aromatic hydroxyl groups is 1. The van der Waals surface area contributed by atoms with E-state index in [1.54, 1.807) is 18.3 Å². The molecule has 23 heavy (non-hydrogen) atoms. The number of fused-ring (bicyclic) bond motifs is 1. The summed E-state index contributed by atoms with van der Waals surface area (Å²) in [7, 11) is 2.00. The van der Waals surface area contributed by atoms with Gasteiger partial charge in [-0.15, -0.1) is 0 Å². The normalized spacial score (nSPS) is 11.2. The molecule has 116 valence electrons. The fourth-order valence-corrected chi connectivity index (χ4v) is 2.58. The van der Waals surface area contributed by atoms with Crippen molar-refractivity contribution >= 4 is 23.0 Å². The highest BCUT2D eigenvalue weighted by molar-refractivity contribution is 6.02. The molecule has 2 N–H and O–H groups in total. The average molecular weight is 307 g/mol. The smallest absolute Gasteiger partial charge is 0.271 e. The first-order valence-corrected chi connectivity index (χ1v) is 7.24. The zero-order chi connectivity index (χ0) is 16.4. The fourth-order valence-electron chi connectivity index (χ4n) is 2.58. The predicted octanol–water partition coefficient (Wildman–Crippen LogP) is 2.96. The van der Waals surface area contributed by atoms with Crippen LogP contribution >= 0.6 is 0 Å². The number of benzene rings is 2. The number of amides is 1. The highest BCUT2D eigenvalue weighted by Gasteiger charge is 2.09. The van der Waals surface area contributed by atoms with Crippen molar-refractivity contribution in [2.45, 2.75) is 6.92 Å². The van der Waals surface area contributed by atoms with Crippen molar-refractivity contribution in [3.05, 3.63) is 65.4 Å². The van der Waals surface area contributed by atoms with Crippen molar-refractivity contribution in [1.29, 1.82) is 0 Å². The molecular weight excluding hydrogens is 290 g/mol. The van der Waals surface area contributed by atoms with E-state index < -0.39 is 0 Å². The molecule has 0 atom stereocenters. The first-order valence-electron chi connectivity index (χ1n) is 7.24. The molecule has 0 saturated carbocycles. The van der Waals surface area contributed by atoms with E-state index in [1.807, 2.05) is 38.2 Å². The molecule has 1 amide bonds. The SMILES string of the molecule is Cc1c(/C=N\NC(=O)c2cccc(O)c2)c2ccccc2n1C. The molecule has 0 saturated heterocycles. The lowest BCUT2D eigenvalue weighted by molar-refractivity contribution is 0.0954. The summed E-state index contributed by atoms with van der Waals surface area (Å²) < 4.78 is 2.09. The van der Waals surface area contributed by atoms with Gasteiger partial charge in [0.1, 0.15) is 5.75 Å². The zero-order valence-corrected chi connectivity index (χ0v) is 12.9. The number of carbonyl (C=O) groups excluding carboxylic acids is 1. The molecule has 1 heterocycles. The Labute approximate surface area is 133 Å². The van der Waals surface area contributed by atoms with E-state index in [-0.39, 0.29) is 11.7 Å². The lowest BCUT2D eigenvalue weighted by atomic mass is 10.1. The molecule has 0 aliphatic heterocycles. The van der Waals surface area contributed by atoms with Gasteiger partial charge in [0.15, 0.2) is 0 Å². The van der Waals surface area contributed by atoms with Crippen LogP contribution in [0.2, 0.25) is 0 Å². The summed E-state index contributed by atoms with van der Waals surface area (Å²) in [6, 6.07) is 14.2. The Balaban J connectivity index is 1.84. The highest BCUT2D eigenvalue weighted by atomic mass is 16.3. The summed E-state index contributed by atoms with van der Waals surface area (Å²) in [5, 5.41) is 14.5. The molecule has 0 unspecified atom stereocenters. The summed E-state index contributed by atoms with van der Waals surface area (Å²) >= 11 is 0. The van der Waals surface area contributed by atoms with Crippen LogP contribution in [0.3, 0.4) is 0 Å². The molecular formula is C18H17N3O2. The van der Waals surface area contributed by atoms with Crippen LogP contribution < -0.4 is 5.43 Å². The van der Waals surface area contributed by atoms with Gasteiger partial charge in [-0.25, -0.2) is 5.43 Å². The third-order valence-corrected chi connectivity index (χ3v) is 3.92. The second kappa shape index (κ2) is 5.96. The standard InChI is InChI=1S/C18H17N3O2/c1-12-16(15-8-3-4-9-17(15)21(12)2)11-19-20-18(23)13-6-5-7-14(22)10-13/h3-11,22H,1-2H3,(H,20,23)/b19-11-. The zero-order valence-electron chi connectivity index (χ0n) is 12.9. The Kier molecular flexibility index (Phi) is 3.85. The van der Waals surface area contributed by atoms with Crippen LogP contribution in [0.25, 0.3) is 10.9 Å². The van der Waals surface area contributed by atoms with Crippen LogP contribution in [0, 0.1) is 6.92 Å². The number of nitrogens with one attached hydrogen (secondary N) is 1. The number of phenols is 1. The van der Waals surface area contributed by atoms with Crippen molar-refractivity contribution in [2.75, 3.05) is 0 Å². The average Bonchev–Trinajstić information content (AvgIpc) is 2.80. The van der Waals surface area contributed by atoms with Crippen molar-refractivity contribution < 1.29 is 9.90 Å². The summed E-state index contributed by atoms with van der Waals surface area (Å²) in [6.07, 6.45) is 1.65. The predicted molar refractivity (Wildman–Crippen MR) is 90.8 cm³/mol. The maximum atomic E-state index is 12.0. The lowest BCUT2D eigenvalue weighted by Crippen LogP contribution is -2.17. The van der Waals surface area contributed by atoms with Gasteiger partial charge >= 0.3 is 0 Å². The van der Waals surface area contributed by atoms with Crippen molar-refractivity contribution in [1.82, 2.24) is 9.99 Å². The van der Waals surface area contributed by atoms with Gasteiger partial charge in [-0.05, 0) is 31.2 Å². The van der Waals surface area contributed by atoms with E-state index in [0.29, 0.717) is 5.56 Å². The van der Waals surface area contributed by atoms with Crippen molar-refractivity contribution in [3.63, 3.8) is 0 Å². The first kappa shape index (κ1) is 14.8. The van der Waals surface area contributed by atoms with Gasteiger partial charge in [0.05, 0.1) is 6.21 Å². The lowest BCUT2D eigenvalue weighted by Gasteiger charge is -2.00. The van der Waals surface area contributed by atoms with E-state index >= 15 is 0 Å². The van der Waals surface area contributed by atoms with Crippen molar-refractivity contribution in [3.8, 4) is 5.75 Å². The largest absolute Gasteiger partial charge is 0.508 e. The number of nitrogens with zero attached hydrogens (tertiary/aromatic N) is 2. The maximum Gasteiger partial charge on any atom is 0.271 e. The van der Waals surface area contributed by atoms with Crippen LogP contribution in [0.4, 0.5) is 0 Å². The molecule has 3 rings (SSSR count). The Morgan fingerprint density at radius 3 is 2.78 bits per heavy atom. The van der Waals surface area contributed by atoms with Crippen LogP contribution in [-0.4, -0.2) is 21.8 Å². The van der Waals surface area contributed by atoms with E-state index in [1.165, 1.54) is 12.1 Å². The van der Waals surface area contributed by atoms with E-state index in [2.05, 4.69) is 15.1 Å². The Hall–Kier alpha value is -3.08. The van der Waals surface area contributed by atoms with Gasteiger partial charge in [-0.1, -0.05) is 24.3 Å². The summed E-state index contributed by atoms with van der Waals surface area (Å²) in [5.74, 6) is -0.318. The van der Waals surface area contributed by atoms with Crippen LogP contribution in [0.1, 0.15) is 21.6 Å². The number of aryl methyl sites for hydroxylation is 1. The Bertz CT molecular complexity index is 910. The quantitative estimate of drug-likeness (QED) is 0.577. The number of rotatable bonds is 3. The Morgan fingerprint density at radius 2 is 2.00 bits per heavy atom. The molecule has 5 heteroatoms. The molecule has 0 aliphatic rings. The Morgan fingerprint density at radius 1 is 1.22 bits per heavy atom. The summed E-state index contributed by atoms with van der Waals surface area (Å²) in [5.41, 5.74) is 6.00. The van der Waals surface area contributed by atoms with Crippen LogP contribution in [-0.2, 0) is 7.05 Å². The van der Waals surface area contributed by atoms with Gasteiger partial charge in [0.2, 0.25) is 0 Å². The summed E-state index contributed by atoms with van der Waals surface area (Å²) in [4.78, 5) is 12.0. The minimum Gasteiger partial charge on any atom is -0.508 e. The molecule has 0 spiro atoms. The van der Waals surface area contributed by atoms with E-state index in [9.17, 15) is 9.90 Å². The van der Waals surface area contributed by atoms with Crippen LogP contribution in [0.5, 0.6) is 5.75 Å². The third kappa shape index (κ3) is 2.81. The highest BCUT2D eigenvalue weighted by Crippen LogP contribution is 2.23. The number of hydrogen-bond donors (Lipinski definition) is 2. The molecule has 2 aromatic carbocycles. The molecule has 5 nitrogen and oxygen atoms in total. The number of carbonyl (C=O) groups is 1. The van der Waals surface area contributed by atoms with Gasteiger partial charge < -0.3 is 9.67 Å². The number of phenolic OH excluding ortho intramolecular Hbond substituents is 1. The van der Waals surface area contributed by atoms with Crippen molar-refractivity contribution in [2.24, 2.45) is 12.1 Å². The molecule has 0 radical (unpaired) electrons. The first-order chi connectivity index (χ1) is 11.1. The van der Waals surface area contributed by atoms with Gasteiger partial charge in [0.25, 0.3) is 5.91 Å². The minimum atomic E-state index is -0.366. The topological polar surface area (TPSA) is 66.6 Å².